The lowest BCUT2D eigenvalue weighted by molar-refractivity contribution is 0.262. The molecule has 0 aliphatic rings. The first kappa shape index (κ1) is 14.5. The standard InChI is InChI=1S/C10H15BrN6OS/c1-3-7-9(11)8(16(2)13-7)6-19-10-12-14-15-17(10)4-5-18/h18H,3-6H2,1-2H3. The SMILES string of the molecule is CCc1nn(C)c(CSc2nnnn2CCO)c1Br. The summed E-state index contributed by atoms with van der Waals surface area (Å²) in [5, 5.41) is 25.4. The second kappa shape index (κ2) is 6.49. The van der Waals surface area contributed by atoms with Gasteiger partial charge < -0.3 is 5.11 Å². The van der Waals surface area contributed by atoms with Gasteiger partial charge in [0, 0.05) is 12.8 Å². The molecule has 0 atom stereocenters. The van der Waals surface area contributed by atoms with Gasteiger partial charge in [0.15, 0.2) is 0 Å². The third-order valence-corrected chi connectivity index (χ3v) is 4.54. The van der Waals surface area contributed by atoms with Gasteiger partial charge in [0.25, 0.3) is 0 Å². The van der Waals surface area contributed by atoms with E-state index in [1.165, 1.54) is 11.8 Å². The molecule has 0 amide bonds. The first-order valence-electron chi connectivity index (χ1n) is 5.87. The van der Waals surface area contributed by atoms with E-state index in [9.17, 15) is 0 Å². The van der Waals surface area contributed by atoms with Crippen molar-refractivity contribution >= 4 is 27.7 Å². The average Bonchev–Trinajstić information content (AvgIpc) is 2.93. The Balaban J connectivity index is 2.10. The molecule has 0 fully saturated rings. The van der Waals surface area contributed by atoms with E-state index in [1.807, 2.05) is 11.7 Å². The van der Waals surface area contributed by atoms with Crippen LogP contribution in [0, 0.1) is 0 Å². The van der Waals surface area contributed by atoms with E-state index in [0.29, 0.717) is 11.7 Å². The fraction of sp³-hybridized carbons (Fsp3) is 0.600. The molecule has 7 nitrogen and oxygen atoms in total. The molecule has 0 saturated heterocycles. The Morgan fingerprint density at radius 1 is 1.42 bits per heavy atom. The normalized spacial score (nSPS) is 11.2. The van der Waals surface area contributed by atoms with Crippen molar-refractivity contribution in [3.05, 3.63) is 15.9 Å². The number of thioether (sulfide) groups is 1. The predicted octanol–water partition coefficient (Wildman–Crippen LogP) is 1.02. The van der Waals surface area contributed by atoms with Crippen molar-refractivity contribution in [3.8, 4) is 0 Å². The minimum absolute atomic E-state index is 0.0218. The van der Waals surface area contributed by atoms with Crippen LogP contribution in [-0.4, -0.2) is 41.7 Å². The summed E-state index contributed by atoms with van der Waals surface area (Å²) in [5.41, 5.74) is 2.15. The molecule has 2 aromatic heterocycles. The number of aliphatic hydroxyl groups excluding tert-OH is 1. The Labute approximate surface area is 123 Å². The summed E-state index contributed by atoms with van der Waals surface area (Å²) < 4.78 is 4.51. The Bertz CT molecular complexity index is 554. The van der Waals surface area contributed by atoms with Crippen LogP contribution in [0.25, 0.3) is 0 Å². The van der Waals surface area contributed by atoms with Gasteiger partial charge in [-0.25, -0.2) is 4.68 Å². The molecule has 0 aliphatic carbocycles. The summed E-state index contributed by atoms with van der Waals surface area (Å²) >= 11 is 5.10. The van der Waals surface area contributed by atoms with Crippen LogP contribution in [0.2, 0.25) is 0 Å². The molecule has 0 spiro atoms. The van der Waals surface area contributed by atoms with Gasteiger partial charge in [0.1, 0.15) is 0 Å². The average molecular weight is 347 g/mol. The van der Waals surface area contributed by atoms with E-state index in [-0.39, 0.29) is 6.61 Å². The number of hydrogen-bond acceptors (Lipinski definition) is 6. The minimum Gasteiger partial charge on any atom is -0.394 e. The fourth-order valence-electron chi connectivity index (χ4n) is 1.64. The third kappa shape index (κ3) is 3.15. The van der Waals surface area contributed by atoms with Crippen LogP contribution in [0.3, 0.4) is 0 Å². The Morgan fingerprint density at radius 3 is 2.84 bits per heavy atom. The van der Waals surface area contributed by atoms with Crippen LogP contribution in [-0.2, 0) is 25.8 Å². The third-order valence-electron chi connectivity index (χ3n) is 2.65. The number of nitrogens with zero attached hydrogens (tertiary/aromatic N) is 6. The van der Waals surface area contributed by atoms with E-state index in [4.69, 9.17) is 5.11 Å². The van der Waals surface area contributed by atoms with Gasteiger partial charge >= 0.3 is 0 Å². The summed E-state index contributed by atoms with van der Waals surface area (Å²) in [6.07, 6.45) is 0.890. The summed E-state index contributed by atoms with van der Waals surface area (Å²) in [4.78, 5) is 0. The van der Waals surface area contributed by atoms with Crippen LogP contribution in [0.1, 0.15) is 18.3 Å². The van der Waals surface area contributed by atoms with Gasteiger partial charge in [-0.1, -0.05) is 18.7 Å². The summed E-state index contributed by atoms with van der Waals surface area (Å²) in [5.74, 6) is 0.718. The largest absolute Gasteiger partial charge is 0.394 e. The summed E-state index contributed by atoms with van der Waals surface area (Å²) in [6.45, 7) is 2.50. The zero-order chi connectivity index (χ0) is 13.8. The molecule has 2 heterocycles. The number of aryl methyl sites for hydroxylation is 2. The second-order valence-corrected chi connectivity index (χ2v) is 5.62. The van der Waals surface area contributed by atoms with Crippen molar-refractivity contribution in [2.24, 2.45) is 7.05 Å². The van der Waals surface area contributed by atoms with Crippen LogP contribution in [0.15, 0.2) is 9.63 Å². The first-order valence-corrected chi connectivity index (χ1v) is 7.65. The molecule has 0 aromatic carbocycles. The maximum atomic E-state index is 8.92. The molecule has 1 N–H and O–H groups in total. The molecule has 104 valence electrons. The van der Waals surface area contributed by atoms with Crippen LogP contribution >= 0.6 is 27.7 Å². The molecule has 9 heteroatoms. The molecule has 0 aliphatic heterocycles. The van der Waals surface area contributed by atoms with Crippen molar-refractivity contribution in [2.75, 3.05) is 6.61 Å². The monoisotopic (exact) mass is 346 g/mol. The summed E-state index contributed by atoms with van der Waals surface area (Å²) in [6, 6.07) is 0. The second-order valence-electron chi connectivity index (χ2n) is 3.88. The molecular formula is C10H15BrN6OS. The zero-order valence-corrected chi connectivity index (χ0v) is 13.1. The van der Waals surface area contributed by atoms with Crippen molar-refractivity contribution in [1.82, 2.24) is 30.0 Å². The van der Waals surface area contributed by atoms with Gasteiger partial charge in [-0.3, -0.25) is 4.68 Å². The topological polar surface area (TPSA) is 81.7 Å². The van der Waals surface area contributed by atoms with Gasteiger partial charge in [-0.15, -0.1) is 5.10 Å². The highest BCUT2D eigenvalue weighted by atomic mass is 79.9. The molecule has 2 rings (SSSR count). The predicted molar refractivity (Wildman–Crippen MR) is 74.7 cm³/mol. The fourth-order valence-corrected chi connectivity index (χ4v) is 3.55. The molecular weight excluding hydrogens is 332 g/mol. The van der Waals surface area contributed by atoms with Crippen molar-refractivity contribution in [3.63, 3.8) is 0 Å². The van der Waals surface area contributed by atoms with Gasteiger partial charge in [0.2, 0.25) is 5.16 Å². The van der Waals surface area contributed by atoms with E-state index in [0.717, 1.165) is 28.0 Å². The van der Waals surface area contributed by atoms with Crippen molar-refractivity contribution in [2.45, 2.75) is 30.8 Å². The highest BCUT2D eigenvalue weighted by molar-refractivity contribution is 9.10. The number of rotatable bonds is 6. The number of aromatic nitrogens is 6. The molecule has 19 heavy (non-hydrogen) atoms. The highest BCUT2D eigenvalue weighted by Gasteiger charge is 2.14. The van der Waals surface area contributed by atoms with E-state index in [1.54, 1.807) is 4.68 Å². The van der Waals surface area contributed by atoms with Crippen LogP contribution < -0.4 is 0 Å². The van der Waals surface area contributed by atoms with Crippen LogP contribution in [0.4, 0.5) is 0 Å². The van der Waals surface area contributed by atoms with Gasteiger partial charge in [-0.05, 0) is 32.8 Å². The maximum absolute atomic E-state index is 8.92. The minimum atomic E-state index is 0.0218. The van der Waals surface area contributed by atoms with E-state index >= 15 is 0 Å². The molecule has 2 aromatic rings. The van der Waals surface area contributed by atoms with E-state index < -0.39 is 0 Å². The molecule has 0 unspecified atom stereocenters. The Morgan fingerprint density at radius 2 is 2.21 bits per heavy atom. The Kier molecular flexibility index (Phi) is 4.94. The Hall–Kier alpha value is -0.930. The quantitative estimate of drug-likeness (QED) is 0.786. The molecule has 0 radical (unpaired) electrons. The number of halogens is 1. The smallest absolute Gasteiger partial charge is 0.209 e. The van der Waals surface area contributed by atoms with Crippen molar-refractivity contribution in [1.29, 1.82) is 0 Å². The van der Waals surface area contributed by atoms with Gasteiger partial charge in [0.05, 0.1) is 29.0 Å². The molecule has 0 bridgehead atoms. The van der Waals surface area contributed by atoms with Crippen molar-refractivity contribution < 1.29 is 5.11 Å². The number of hydrogen-bond donors (Lipinski definition) is 1. The lowest BCUT2D eigenvalue weighted by Gasteiger charge is -2.03. The first-order chi connectivity index (χ1) is 9.17. The lowest BCUT2D eigenvalue weighted by Crippen LogP contribution is -2.06. The number of tetrazole rings is 1. The lowest BCUT2D eigenvalue weighted by atomic mass is 10.3. The maximum Gasteiger partial charge on any atom is 0.209 e. The van der Waals surface area contributed by atoms with Crippen LogP contribution in [0.5, 0.6) is 0 Å². The van der Waals surface area contributed by atoms with Gasteiger partial charge in [-0.2, -0.15) is 5.10 Å². The highest BCUT2D eigenvalue weighted by Crippen LogP contribution is 2.27. The summed E-state index contributed by atoms with van der Waals surface area (Å²) in [7, 11) is 1.93. The number of aliphatic hydroxyl groups is 1. The van der Waals surface area contributed by atoms with E-state index in [2.05, 4.69) is 43.5 Å². The molecule has 0 saturated carbocycles. The zero-order valence-electron chi connectivity index (χ0n) is 10.7.